The summed E-state index contributed by atoms with van der Waals surface area (Å²) in [5, 5.41) is 3.57. The van der Waals surface area contributed by atoms with Crippen molar-refractivity contribution in [1.82, 2.24) is 10.2 Å². The van der Waals surface area contributed by atoms with Gasteiger partial charge in [0, 0.05) is 18.5 Å². The van der Waals surface area contributed by atoms with E-state index in [0.29, 0.717) is 36.2 Å². The summed E-state index contributed by atoms with van der Waals surface area (Å²) in [6, 6.07) is 5.67. The highest BCUT2D eigenvalue weighted by molar-refractivity contribution is 5.82. The lowest BCUT2D eigenvalue weighted by atomic mass is 10.1. The Labute approximate surface area is 157 Å². The van der Waals surface area contributed by atoms with Gasteiger partial charge < -0.3 is 19.4 Å². The molecule has 2 amide bonds. The van der Waals surface area contributed by atoms with Crippen LogP contribution in [0.3, 0.4) is 0 Å². The second-order valence-electron chi connectivity index (χ2n) is 7.97. The van der Waals surface area contributed by atoms with Crippen LogP contribution in [0.4, 0.5) is 9.18 Å². The molecule has 1 N–H and O–H groups in total. The first-order chi connectivity index (χ1) is 12.6. The Morgan fingerprint density at radius 3 is 2.78 bits per heavy atom. The van der Waals surface area contributed by atoms with E-state index in [4.69, 9.17) is 9.15 Å². The molecule has 6 nitrogen and oxygen atoms in total. The Morgan fingerprint density at radius 1 is 1.33 bits per heavy atom. The fourth-order valence-corrected chi connectivity index (χ4v) is 3.12. The number of fused-ring (bicyclic) bond motifs is 1. The predicted octanol–water partition coefficient (Wildman–Crippen LogP) is 4.01. The van der Waals surface area contributed by atoms with Gasteiger partial charge in [-0.15, -0.1) is 0 Å². The number of hydrogen-bond acceptors (Lipinski definition) is 4. The van der Waals surface area contributed by atoms with Gasteiger partial charge in [-0.25, -0.2) is 9.18 Å². The Balaban J connectivity index is 1.59. The lowest BCUT2D eigenvalue weighted by molar-refractivity contribution is -0.125. The van der Waals surface area contributed by atoms with Crippen LogP contribution in [0, 0.1) is 11.7 Å². The van der Waals surface area contributed by atoms with E-state index >= 15 is 0 Å². The average molecular weight is 376 g/mol. The van der Waals surface area contributed by atoms with Crippen LogP contribution in [0.1, 0.15) is 45.9 Å². The summed E-state index contributed by atoms with van der Waals surface area (Å²) in [4.78, 5) is 26.2. The summed E-state index contributed by atoms with van der Waals surface area (Å²) in [5.41, 5.74) is 0.0108. The van der Waals surface area contributed by atoms with Gasteiger partial charge in [0.1, 0.15) is 22.8 Å². The van der Waals surface area contributed by atoms with Gasteiger partial charge in [-0.3, -0.25) is 4.79 Å². The quantitative estimate of drug-likeness (QED) is 0.879. The zero-order valence-corrected chi connectivity index (χ0v) is 16.0. The van der Waals surface area contributed by atoms with Crippen molar-refractivity contribution in [2.45, 2.75) is 45.8 Å². The third kappa shape index (κ3) is 4.59. The molecule has 1 aromatic heterocycles. The maximum absolute atomic E-state index is 13.3. The number of nitrogens with one attached hydrogen (secondary N) is 1. The second kappa shape index (κ2) is 7.21. The van der Waals surface area contributed by atoms with E-state index in [1.165, 1.54) is 12.1 Å². The second-order valence-corrected chi connectivity index (χ2v) is 7.97. The molecule has 7 heteroatoms. The maximum atomic E-state index is 13.3. The number of ether oxygens (including phenoxy) is 1. The van der Waals surface area contributed by atoms with Crippen molar-refractivity contribution in [3.63, 3.8) is 0 Å². The fourth-order valence-electron chi connectivity index (χ4n) is 3.12. The smallest absolute Gasteiger partial charge is 0.410 e. The van der Waals surface area contributed by atoms with E-state index in [9.17, 15) is 14.0 Å². The number of rotatable bonds is 3. The Morgan fingerprint density at radius 2 is 2.07 bits per heavy atom. The molecule has 1 unspecified atom stereocenters. The van der Waals surface area contributed by atoms with Gasteiger partial charge in [0.15, 0.2) is 0 Å². The van der Waals surface area contributed by atoms with Crippen LogP contribution in [0.2, 0.25) is 0 Å². The molecular weight excluding hydrogens is 351 g/mol. The number of likely N-dealkylation sites (tertiary alicyclic amines) is 1. The Bertz CT molecular complexity index is 855. The summed E-state index contributed by atoms with van der Waals surface area (Å²) in [6.07, 6.45) is 0.188. The number of carbonyl (C=O) groups excluding carboxylic acids is 2. The third-order valence-electron chi connectivity index (χ3n) is 4.49. The number of nitrogens with zero attached hydrogens (tertiary/aromatic N) is 1. The van der Waals surface area contributed by atoms with Crippen molar-refractivity contribution in [2.24, 2.45) is 5.92 Å². The monoisotopic (exact) mass is 376 g/mol. The zero-order valence-electron chi connectivity index (χ0n) is 16.0. The molecule has 146 valence electrons. The van der Waals surface area contributed by atoms with Gasteiger partial charge in [0.25, 0.3) is 0 Å². The highest BCUT2D eigenvalue weighted by atomic mass is 19.1. The van der Waals surface area contributed by atoms with Crippen molar-refractivity contribution in [3.05, 3.63) is 35.8 Å². The molecule has 2 atom stereocenters. The topological polar surface area (TPSA) is 71.8 Å². The number of halogens is 1. The molecule has 0 bridgehead atoms. The van der Waals surface area contributed by atoms with Crippen molar-refractivity contribution in [3.8, 4) is 0 Å². The highest BCUT2D eigenvalue weighted by Gasteiger charge is 2.34. The Hall–Kier alpha value is -2.57. The molecule has 1 aliphatic heterocycles. The van der Waals surface area contributed by atoms with Crippen LogP contribution in [0.15, 0.2) is 28.7 Å². The number of carbonyl (C=O) groups is 2. The molecular formula is C20H25FN2O4. The van der Waals surface area contributed by atoms with Gasteiger partial charge >= 0.3 is 6.09 Å². The molecule has 1 aromatic carbocycles. The maximum Gasteiger partial charge on any atom is 0.410 e. The van der Waals surface area contributed by atoms with E-state index in [1.807, 2.05) is 27.7 Å². The van der Waals surface area contributed by atoms with Crippen molar-refractivity contribution >= 4 is 23.0 Å². The first-order valence-electron chi connectivity index (χ1n) is 9.10. The summed E-state index contributed by atoms with van der Waals surface area (Å²) in [6.45, 7) is 8.07. The summed E-state index contributed by atoms with van der Waals surface area (Å²) in [5.74, 6) is -0.201. The van der Waals surface area contributed by atoms with Crippen LogP contribution in [-0.2, 0) is 9.53 Å². The van der Waals surface area contributed by atoms with Gasteiger partial charge in [-0.05, 0) is 58.4 Å². The van der Waals surface area contributed by atoms with Crippen LogP contribution < -0.4 is 5.32 Å². The van der Waals surface area contributed by atoms with Crippen LogP contribution in [0.25, 0.3) is 11.0 Å². The SMILES string of the molecule is CC(NC(=O)[C@@H]1CCN(C(=O)OC(C)(C)C)C1)c1cc2cc(F)ccc2o1. The molecule has 2 heterocycles. The largest absolute Gasteiger partial charge is 0.459 e. The highest BCUT2D eigenvalue weighted by Crippen LogP contribution is 2.26. The molecule has 1 aliphatic rings. The Kier molecular flexibility index (Phi) is 5.13. The molecule has 0 saturated carbocycles. The minimum Gasteiger partial charge on any atom is -0.459 e. The van der Waals surface area contributed by atoms with Crippen LogP contribution >= 0.6 is 0 Å². The molecule has 1 fully saturated rings. The average Bonchev–Trinajstić information content (AvgIpc) is 3.19. The summed E-state index contributed by atoms with van der Waals surface area (Å²) >= 11 is 0. The third-order valence-corrected chi connectivity index (χ3v) is 4.49. The fraction of sp³-hybridized carbons (Fsp3) is 0.500. The molecule has 0 radical (unpaired) electrons. The molecule has 27 heavy (non-hydrogen) atoms. The molecule has 0 aliphatic carbocycles. The van der Waals surface area contributed by atoms with E-state index in [-0.39, 0.29) is 23.7 Å². The summed E-state index contributed by atoms with van der Waals surface area (Å²) < 4.78 is 24.4. The number of hydrogen-bond donors (Lipinski definition) is 1. The van der Waals surface area contributed by atoms with Crippen molar-refractivity contribution < 1.29 is 23.1 Å². The van der Waals surface area contributed by atoms with E-state index < -0.39 is 11.7 Å². The number of benzene rings is 1. The minimum absolute atomic E-state index is 0.139. The molecule has 3 rings (SSSR count). The lowest BCUT2D eigenvalue weighted by Gasteiger charge is -2.24. The van der Waals surface area contributed by atoms with Gasteiger partial charge in [0.2, 0.25) is 5.91 Å². The minimum atomic E-state index is -0.563. The normalized spacial score (nSPS) is 18.6. The molecule has 0 spiro atoms. The molecule has 2 aromatic rings. The first kappa shape index (κ1) is 19.2. The lowest BCUT2D eigenvalue weighted by Crippen LogP contribution is -2.38. The first-order valence-corrected chi connectivity index (χ1v) is 9.10. The van der Waals surface area contributed by atoms with Gasteiger partial charge in [-0.2, -0.15) is 0 Å². The summed E-state index contributed by atoms with van der Waals surface area (Å²) in [7, 11) is 0. The van der Waals surface area contributed by atoms with E-state index in [2.05, 4.69) is 5.32 Å². The standard InChI is InChI=1S/C20H25FN2O4/c1-12(17-10-14-9-15(21)5-6-16(14)26-17)22-18(24)13-7-8-23(11-13)19(25)27-20(2,3)4/h5-6,9-10,12-13H,7-8,11H2,1-4H3,(H,22,24)/t12?,13-/m1/s1. The van der Waals surface area contributed by atoms with E-state index in [0.717, 1.165) is 0 Å². The van der Waals surface area contributed by atoms with Gasteiger partial charge in [0.05, 0.1) is 12.0 Å². The van der Waals surface area contributed by atoms with Crippen molar-refractivity contribution in [1.29, 1.82) is 0 Å². The van der Waals surface area contributed by atoms with Crippen LogP contribution in [-0.4, -0.2) is 35.6 Å². The van der Waals surface area contributed by atoms with E-state index in [1.54, 1.807) is 17.0 Å². The number of amides is 2. The van der Waals surface area contributed by atoms with Gasteiger partial charge in [-0.1, -0.05) is 0 Å². The molecule has 1 saturated heterocycles. The predicted molar refractivity (Wildman–Crippen MR) is 98.6 cm³/mol. The van der Waals surface area contributed by atoms with Crippen LogP contribution in [0.5, 0.6) is 0 Å². The zero-order chi connectivity index (χ0) is 19.8. The number of furan rings is 1. The van der Waals surface area contributed by atoms with Crippen molar-refractivity contribution in [2.75, 3.05) is 13.1 Å².